The number of allylic oxidation sites excluding steroid dienone is 2. The van der Waals surface area contributed by atoms with Gasteiger partial charge < -0.3 is 9.84 Å². The number of benzene rings is 2. The zero-order valence-electron chi connectivity index (χ0n) is 16.3. The molecular formula is C24H26O3. The van der Waals surface area contributed by atoms with Gasteiger partial charge >= 0.3 is 5.97 Å². The van der Waals surface area contributed by atoms with Crippen molar-refractivity contribution in [2.75, 3.05) is 7.11 Å². The molecule has 0 spiro atoms. The summed E-state index contributed by atoms with van der Waals surface area (Å²) in [5.74, 6) is -1.02. The van der Waals surface area contributed by atoms with E-state index in [1.165, 1.54) is 18.9 Å². The normalized spacial score (nSPS) is 12.7. The van der Waals surface area contributed by atoms with E-state index in [9.17, 15) is 9.90 Å². The van der Waals surface area contributed by atoms with E-state index in [4.69, 9.17) is 4.74 Å². The molecule has 3 heteroatoms. The predicted octanol–water partition coefficient (Wildman–Crippen LogP) is 5.78. The minimum Gasteiger partial charge on any atom is -0.503 e. The number of carboxylic acids is 1. The molecule has 0 fully saturated rings. The lowest BCUT2D eigenvalue weighted by Gasteiger charge is -2.18. The molecule has 0 saturated carbocycles. The molecule has 0 unspecified atom stereocenters. The molecule has 0 heterocycles. The fourth-order valence-corrected chi connectivity index (χ4v) is 2.65. The Morgan fingerprint density at radius 3 is 2.19 bits per heavy atom. The van der Waals surface area contributed by atoms with E-state index >= 15 is 0 Å². The van der Waals surface area contributed by atoms with Crippen molar-refractivity contribution in [2.45, 2.75) is 26.2 Å². The molecule has 0 atom stereocenters. The molecule has 27 heavy (non-hydrogen) atoms. The summed E-state index contributed by atoms with van der Waals surface area (Å²) in [6.07, 6.45) is 9.02. The molecule has 2 aromatic carbocycles. The molecule has 2 aromatic rings. The predicted molar refractivity (Wildman–Crippen MR) is 112 cm³/mol. The number of carboxylic acid groups (broad SMARTS) is 1. The van der Waals surface area contributed by atoms with Gasteiger partial charge in [0.2, 0.25) is 0 Å². The van der Waals surface area contributed by atoms with Gasteiger partial charge in [-0.3, -0.25) is 0 Å². The van der Waals surface area contributed by atoms with E-state index in [0.717, 1.165) is 11.1 Å². The van der Waals surface area contributed by atoms with Crippen molar-refractivity contribution >= 4 is 23.7 Å². The summed E-state index contributed by atoms with van der Waals surface area (Å²) < 4.78 is 4.91. The zero-order chi connectivity index (χ0) is 19.9. The van der Waals surface area contributed by atoms with Crippen LogP contribution in [0.5, 0.6) is 0 Å². The standard InChI is InChI=1S/C24H26O3/c1-24(2,3)20-15-13-18(14-16-20)9-5-6-10-19-11-7-8-12-21(19)22(17-27-4)23(25)26/h5-17H,1-4H3,(H,25,26). The fraction of sp³-hybridized carbons (Fsp3) is 0.208. The lowest BCUT2D eigenvalue weighted by molar-refractivity contribution is -0.130. The van der Waals surface area contributed by atoms with E-state index in [-0.39, 0.29) is 11.0 Å². The molecule has 0 bridgehead atoms. The third-order valence-electron chi connectivity index (χ3n) is 4.17. The van der Waals surface area contributed by atoms with Crippen LogP contribution in [-0.4, -0.2) is 18.2 Å². The first-order chi connectivity index (χ1) is 12.8. The van der Waals surface area contributed by atoms with Crippen molar-refractivity contribution in [2.24, 2.45) is 0 Å². The second-order valence-electron chi connectivity index (χ2n) is 7.25. The van der Waals surface area contributed by atoms with Crippen LogP contribution in [0.25, 0.3) is 17.7 Å². The lowest BCUT2D eigenvalue weighted by Crippen LogP contribution is -2.10. The summed E-state index contributed by atoms with van der Waals surface area (Å²) in [4.78, 5) is 11.5. The number of ether oxygens (including phenoxy) is 1. The quantitative estimate of drug-likeness (QED) is 0.402. The molecular weight excluding hydrogens is 336 g/mol. The van der Waals surface area contributed by atoms with Gasteiger partial charge in [-0.05, 0) is 27.7 Å². The second kappa shape index (κ2) is 9.04. The summed E-state index contributed by atoms with van der Waals surface area (Å²) in [6.45, 7) is 6.59. The van der Waals surface area contributed by atoms with Crippen molar-refractivity contribution in [1.82, 2.24) is 0 Å². The maximum absolute atomic E-state index is 11.5. The molecule has 2 rings (SSSR count). The SMILES string of the molecule is COC=C(C(=O)O)c1ccccc1C=CC=Cc1ccc(C(C)(C)C)cc1. The Morgan fingerprint density at radius 1 is 0.963 bits per heavy atom. The van der Waals surface area contributed by atoms with E-state index in [0.29, 0.717) is 5.56 Å². The van der Waals surface area contributed by atoms with Crippen LogP contribution in [0.3, 0.4) is 0 Å². The van der Waals surface area contributed by atoms with Gasteiger partial charge in [-0.25, -0.2) is 4.79 Å². The number of hydrogen-bond donors (Lipinski definition) is 1. The molecule has 3 nitrogen and oxygen atoms in total. The third kappa shape index (κ3) is 5.71. The summed E-state index contributed by atoms with van der Waals surface area (Å²) in [5.41, 5.74) is 4.12. The van der Waals surface area contributed by atoms with Crippen molar-refractivity contribution in [3.63, 3.8) is 0 Å². The van der Waals surface area contributed by atoms with Crippen molar-refractivity contribution in [3.05, 3.63) is 89.2 Å². The van der Waals surface area contributed by atoms with E-state index in [1.54, 1.807) is 6.07 Å². The number of hydrogen-bond acceptors (Lipinski definition) is 2. The summed E-state index contributed by atoms with van der Waals surface area (Å²) in [7, 11) is 1.44. The molecule has 0 aliphatic carbocycles. The van der Waals surface area contributed by atoms with E-state index in [2.05, 4.69) is 45.0 Å². The molecule has 0 amide bonds. The van der Waals surface area contributed by atoms with Gasteiger partial charge in [-0.2, -0.15) is 0 Å². The summed E-state index contributed by atoms with van der Waals surface area (Å²) >= 11 is 0. The van der Waals surface area contributed by atoms with E-state index < -0.39 is 5.97 Å². The molecule has 0 saturated heterocycles. The Hall–Kier alpha value is -3.07. The monoisotopic (exact) mass is 362 g/mol. The highest BCUT2D eigenvalue weighted by molar-refractivity contribution is 6.16. The fourth-order valence-electron chi connectivity index (χ4n) is 2.65. The molecule has 140 valence electrons. The van der Waals surface area contributed by atoms with Crippen molar-refractivity contribution < 1.29 is 14.6 Å². The largest absolute Gasteiger partial charge is 0.503 e. The lowest BCUT2D eigenvalue weighted by atomic mass is 9.87. The average molecular weight is 362 g/mol. The summed E-state index contributed by atoms with van der Waals surface area (Å²) in [6, 6.07) is 15.8. The highest BCUT2D eigenvalue weighted by atomic mass is 16.5. The summed E-state index contributed by atoms with van der Waals surface area (Å²) in [5, 5.41) is 9.40. The molecule has 0 aromatic heterocycles. The van der Waals surface area contributed by atoms with Crippen LogP contribution in [0.15, 0.2) is 66.9 Å². The van der Waals surface area contributed by atoms with Crippen LogP contribution in [-0.2, 0) is 14.9 Å². The van der Waals surface area contributed by atoms with Crippen LogP contribution in [0, 0.1) is 0 Å². The van der Waals surface area contributed by atoms with Crippen LogP contribution in [0.2, 0.25) is 0 Å². The maximum Gasteiger partial charge on any atom is 0.339 e. The first-order valence-electron chi connectivity index (χ1n) is 8.84. The maximum atomic E-state index is 11.5. The first-order valence-corrected chi connectivity index (χ1v) is 8.84. The van der Waals surface area contributed by atoms with E-state index in [1.807, 2.05) is 42.5 Å². The van der Waals surface area contributed by atoms with Crippen molar-refractivity contribution in [3.8, 4) is 0 Å². The smallest absolute Gasteiger partial charge is 0.339 e. The van der Waals surface area contributed by atoms with Crippen LogP contribution >= 0.6 is 0 Å². The zero-order valence-corrected chi connectivity index (χ0v) is 16.3. The van der Waals surface area contributed by atoms with Gasteiger partial charge in [0.1, 0.15) is 5.57 Å². The molecule has 1 N–H and O–H groups in total. The van der Waals surface area contributed by atoms with Gasteiger partial charge in [-0.1, -0.05) is 93.6 Å². The average Bonchev–Trinajstić information content (AvgIpc) is 2.63. The van der Waals surface area contributed by atoms with Gasteiger partial charge in [0.05, 0.1) is 13.4 Å². The molecule has 0 radical (unpaired) electrons. The highest BCUT2D eigenvalue weighted by Gasteiger charge is 2.13. The minimum atomic E-state index is -1.02. The number of aliphatic carboxylic acids is 1. The van der Waals surface area contributed by atoms with Gasteiger partial charge in [0.25, 0.3) is 0 Å². The number of rotatable bonds is 6. The second-order valence-corrected chi connectivity index (χ2v) is 7.25. The Balaban J connectivity index is 2.18. The van der Waals surface area contributed by atoms with Crippen LogP contribution < -0.4 is 0 Å². The van der Waals surface area contributed by atoms with Gasteiger partial charge in [0.15, 0.2) is 0 Å². The third-order valence-corrected chi connectivity index (χ3v) is 4.17. The number of methoxy groups -OCH3 is 1. The van der Waals surface area contributed by atoms with Gasteiger partial charge in [-0.15, -0.1) is 0 Å². The number of carbonyl (C=O) groups is 1. The Kier molecular flexibility index (Phi) is 6.78. The Morgan fingerprint density at radius 2 is 1.59 bits per heavy atom. The van der Waals surface area contributed by atoms with Gasteiger partial charge in [0, 0.05) is 0 Å². The molecule has 0 aliphatic rings. The Bertz CT molecular complexity index is 863. The highest BCUT2D eigenvalue weighted by Crippen LogP contribution is 2.23. The van der Waals surface area contributed by atoms with Crippen molar-refractivity contribution in [1.29, 1.82) is 0 Å². The Labute approximate surface area is 161 Å². The van der Waals surface area contributed by atoms with Crippen LogP contribution in [0.4, 0.5) is 0 Å². The van der Waals surface area contributed by atoms with Crippen LogP contribution in [0.1, 0.15) is 43.0 Å². The topological polar surface area (TPSA) is 46.5 Å². The minimum absolute atomic E-state index is 0.125. The first kappa shape index (κ1) is 20.2. The molecule has 0 aliphatic heterocycles.